The molecular formula is C18H34N2O2. The number of hydrogen-bond donors (Lipinski definition) is 2. The molecule has 1 aliphatic heterocycles. The fourth-order valence-corrected chi connectivity index (χ4v) is 3.71. The normalized spacial score (nSPS) is 24.4. The third-order valence-electron chi connectivity index (χ3n) is 5.25. The van der Waals surface area contributed by atoms with Crippen LogP contribution in [0.4, 0.5) is 0 Å². The highest BCUT2D eigenvalue weighted by Crippen LogP contribution is 2.26. The number of rotatable bonds is 5. The molecule has 0 bridgehead atoms. The Morgan fingerprint density at radius 1 is 1.05 bits per heavy atom. The highest BCUT2D eigenvalue weighted by molar-refractivity contribution is 5.76. The number of aliphatic hydroxyl groups is 1. The smallest absolute Gasteiger partial charge is 0.224 e. The van der Waals surface area contributed by atoms with E-state index in [2.05, 4.69) is 12.2 Å². The van der Waals surface area contributed by atoms with E-state index >= 15 is 0 Å². The summed E-state index contributed by atoms with van der Waals surface area (Å²) in [6.07, 6.45) is 11.9. The van der Waals surface area contributed by atoms with Crippen LogP contribution in [0.1, 0.15) is 77.6 Å². The average Bonchev–Trinajstić information content (AvgIpc) is 2.88. The zero-order valence-corrected chi connectivity index (χ0v) is 14.3. The van der Waals surface area contributed by atoms with Crippen molar-refractivity contribution in [3.8, 4) is 0 Å². The van der Waals surface area contributed by atoms with E-state index in [1.807, 2.05) is 4.90 Å². The van der Waals surface area contributed by atoms with Crippen LogP contribution >= 0.6 is 0 Å². The number of amides is 1. The summed E-state index contributed by atoms with van der Waals surface area (Å²) < 4.78 is 0. The van der Waals surface area contributed by atoms with Crippen LogP contribution in [-0.2, 0) is 4.79 Å². The summed E-state index contributed by atoms with van der Waals surface area (Å²) in [6, 6.07) is 0.142. The Labute approximate surface area is 135 Å². The molecule has 2 N–H and O–H groups in total. The van der Waals surface area contributed by atoms with Gasteiger partial charge < -0.3 is 15.3 Å². The molecule has 0 aromatic rings. The van der Waals surface area contributed by atoms with Gasteiger partial charge in [0.2, 0.25) is 5.91 Å². The van der Waals surface area contributed by atoms with E-state index in [1.54, 1.807) is 0 Å². The molecule has 128 valence electrons. The van der Waals surface area contributed by atoms with Crippen molar-refractivity contribution < 1.29 is 9.90 Å². The highest BCUT2D eigenvalue weighted by Gasteiger charge is 2.28. The molecule has 0 aromatic carbocycles. The molecule has 0 radical (unpaired) electrons. The zero-order valence-electron chi connectivity index (χ0n) is 14.3. The van der Waals surface area contributed by atoms with Gasteiger partial charge in [0.15, 0.2) is 0 Å². The van der Waals surface area contributed by atoms with Crippen LogP contribution in [-0.4, -0.2) is 47.2 Å². The van der Waals surface area contributed by atoms with Crippen molar-refractivity contribution in [3.63, 3.8) is 0 Å². The van der Waals surface area contributed by atoms with Gasteiger partial charge in [0.25, 0.3) is 0 Å². The van der Waals surface area contributed by atoms with E-state index in [-0.39, 0.29) is 11.9 Å². The van der Waals surface area contributed by atoms with Crippen LogP contribution in [0.15, 0.2) is 0 Å². The van der Waals surface area contributed by atoms with E-state index in [0.29, 0.717) is 13.0 Å². The average molecular weight is 310 g/mol. The Balaban J connectivity index is 1.72. The predicted octanol–water partition coefficient (Wildman–Crippen LogP) is 2.84. The summed E-state index contributed by atoms with van der Waals surface area (Å²) in [4.78, 5) is 14.4. The van der Waals surface area contributed by atoms with E-state index < -0.39 is 5.60 Å². The molecule has 1 heterocycles. The van der Waals surface area contributed by atoms with Gasteiger partial charge in [0.1, 0.15) is 0 Å². The number of carbonyl (C=O) groups excluding carboxylic acids is 1. The lowest BCUT2D eigenvalue weighted by atomic mass is 9.94. The maximum absolute atomic E-state index is 12.4. The molecule has 22 heavy (non-hydrogen) atoms. The largest absolute Gasteiger partial charge is 0.389 e. The number of carbonyl (C=O) groups is 1. The third kappa shape index (κ3) is 5.88. The maximum Gasteiger partial charge on any atom is 0.224 e. The van der Waals surface area contributed by atoms with Gasteiger partial charge in [-0.1, -0.05) is 38.5 Å². The number of hydrogen-bond acceptors (Lipinski definition) is 3. The number of nitrogens with zero attached hydrogens (tertiary/aromatic N) is 1. The lowest BCUT2D eigenvalue weighted by molar-refractivity contribution is -0.131. The van der Waals surface area contributed by atoms with Gasteiger partial charge >= 0.3 is 0 Å². The van der Waals surface area contributed by atoms with E-state index in [0.717, 1.165) is 51.6 Å². The molecule has 1 amide bonds. The second-order valence-corrected chi connectivity index (χ2v) is 7.42. The fourth-order valence-electron chi connectivity index (χ4n) is 3.71. The minimum atomic E-state index is -0.559. The van der Waals surface area contributed by atoms with Gasteiger partial charge in [-0.05, 0) is 32.6 Å². The van der Waals surface area contributed by atoms with Gasteiger partial charge in [0.05, 0.1) is 5.60 Å². The summed E-state index contributed by atoms with van der Waals surface area (Å²) >= 11 is 0. The Morgan fingerprint density at radius 3 is 2.18 bits per heavy atom. The second kappa shape index (κ2) is 8.88. The van der Waals surface area contributed by atoms with Crippen LogP contribution in [0.5, 0.6) is 0 Å². The van der Waals surface area contributed by atoms with E-state index in [9.17, 15) is 9.90 Å². The molecule has 4 nitrogen and oxygen atoms in total. The molecule has 1 unspecified atom stereocenters. The quantitative estimate of drug-likeness (QED) is 0.768. The summed E-state index contributed by atoms with van der Waals surface area (Å²) in [5, 5.41) is 14.1. The van der Waals surface area contributed by atoms with Crippen LogP contribution in [0.25, 0.3) is 0 Å². The topological polar surface area (TPSA) is 52.6 Å². The van der Waals surface area contributed by atoms with Crippen molar-refractivity contribution >= 4 is 5.91 Å². The molecule has 0 aromatic heterocycles. The molecule has 1 aliphatic carbocycles. The fraction of sp³-hybridized carbons (Fsp3) is 0.944. The number of likely N-dealkylation sites (tertiary alicyclic amines) is 1. The molecule has 4 heteroatoms. The van der Waals surface area contributed by atoms with Crippen molar-refractivity contribution in [3.05, 3.63) is 0 Å². The lowest BCUT2D eigenvalue weighted by Gasteiger charge is -2.29. The first-order chi connectivity index (χ1) is 10.6. The van der Waals surface area contributed by atoms with Crippen molar-refractivity contribution in [1.29, 1.82) is 0 Å². The van der Waals surface area contributed by atoms with Gasteiger partial charge in [-0.25, -0.2) is 0 Å². The van der Waals surface area contributed by atoms with Gasteiger partial charge in [-0.3, -0.25) is 4.79 Å². The first kappa shape index (κ1) is 17.7. The second-order valence-electron chi connectivity index (χ2n) is 7.42. The van der Waals surface area contributed by atoms with Crippen molar-refractivity contribution in [1.82, 2.24) is 10.2 Å². The molecule has 0 spiro atoms. The molecule has 2 rings (SSSR count). The van der Waals surface area contributed by atoms with E-state index in [4.69, 9.17) is 0 Å². The summed E-state index contributed by atoms with van der Waals surface area (Å²) in [5.41, 5.74) is -0.559. The minimum absolute atomic E-state index is 0.142. The summed E-state index contributed by atoms with van der Waals surface area (Å²) in [7, 11) is 0. The van der Waals surface area contributed by atoms with Crippen LogP contribution in [0.3, 0.4) is 0 Å². The molecule has 2 fully saturated rings. The SMILES string of the molecule is CC(CC(=O)N1CCCCCC1)NCC1(O)CCCCCC1. The molecule has 1 saturated carbocycles. The standard InChI is InChI=1S/C18H34N2O2/c1-16(14-17(21)20-12-8-4-5-9-13-20)19-15-18(22)10-6-2-3-7-11-18/h16,19,22H,2-15H2,1H3. The Hall–Kier alpha value is -0.610. The predicted molar refractivity (Wildman–Crippen MR) is 89.8 cm³/mol. The lowest BCUT2D eigenvalue weighted by Crippen LogP contribution is -2.45. The van der Waals surface area contributed by atoms with Crippen LogP contribution in [0.2, 0.25) is 0 Å². The number of nitrogens with one attached hydrogen (secondary N) is 1. The van der Waals surface area contributed by atoms with Crippen LogP contribution < -0.4 is 5.32 Å². The monoisotopic (exact) mass is 310 g/mol. The molecular weight excluding hydrogens is 276 g/mol. The molecule has 1 atom stereocenters. The Bertz CT molecular complexity index is 330. The first-order valence-electron chi connectivity index (χ1n) is 9.33. The van der Waals surface area contributed by atoms with Crippen LogP contribution in [0, 0.1) is 0 Å². The van der Waals surface area contributed by atoms with Gasteiger partial charge in [0, 0.05) is 32.1 Å². The minimum Gasteiger partial charge on any atom is -0.389 e. The van der Waals surface area contributed by atoms with E-state index in [1.165, 1.54) is 25.7 Å². The summed E-state index contributed by atoms with van der Waals surface area (Å²) in [6.45, 7) is 4.54. The highest BCUT2D eigenvalue weighted by atomic mass is 16.3. The van der Waals surface area contributed by atoms with Gasteiger partial charge in [-0.15, -0.1) is 0 Å². The third-order valence-corrected chi connectivity index (χ3v) is 5.25. The first-order valence-corrected chi connectivity index (χ1v) is 9.33. The molecule has 1 saturated heterocycles. The van der Waals surface area contributed by atoms with Gasteiger partial charge in [-0.2, -0.15) is 0 Å². The van der Waals surface area contributed by atoms with Crippen molar-refractivity contribution in [2.45, 2.75) is 89.2 Å². The zero-order chi connectivity index (χ0) is 15.8. The summed E-state index contributed by atoms with van der Waals surface area (Å²) in [5.74, 6) is 0.273. The van der Waals surface area contributed by atoms with Crippen molar-refractivity contribution in [2.75, 3.05) is 19.6 Å². The molecule has 2 aliphatic rings. The Morgan fingerprint density at radius 2 is 1.59 bits per heavy atom. The Kier molecular flexibility index (Phi) is 7.16. The van der Waals surface area contributed by atoms with Crippen molar-refractivity contribution in [2.24, 2.45) is 0 Å². The maximum atomic E-state index is 12.4.